The minimum atomic E-state index is -4.78. The van der Waals surface area contributed by atoms with Crippen molar-refractivity contribution in [3.8, 4) is 0 Å². The number of halogens is 3. The summed E-state index contributed by atoms with van der Waals surface area (Å²) in [5, 5.41) is 5.93. The number of hydrogen-bond acceptors (Lipinski definition) is 5. The first-order chi connectivity index (χ1) is 17.3. The molecular formula is C27H18F3N3O3. The smallest absolute Gasteiger partial charge is 0.292 e. The van der Waals surface area contributed by atoms with E-state index in [1.807, 2.05) is 0 Å². The van der Waals surface area contributed by atoms with Gasteiger partial charge in [-0.15, -0.1) is 0 Å². The quantitative estimate of drug-likeness (QED) is 0.402. The van der Waals surface area contributed by atoms with Gasteiger partial charge < -0.3 is 0 Å². The molecule has 0 aromatic heterocycles. The third-order valence-electron chi connectivity index (χ3n) is 7.07. The third kappa shape index (κ3) is 3.12. The number of fused-ring (bicyclic) bond motifs is 5. The summed E-state index contributed by atoms with van der Waals surface area (Å²) in [5.74, 6) is -4.29. The average molecular weight is 489 g/mol. The normalized spacial score (nSPS) is 24.5. The predicted octanol–water partition coefficient (Wildman–Crippen LogP) is 4.47. The molecule has 2 saturated heterocycles. The standard InChI is InChI=1S/C27H18F3N3O3/c28-27(29,30)18-12-6-7-13-19(18)32-25(35)20-21(26(32)36)23(24(34)15-8-2-1-3-9-15)33-22(20)17-11-5-4-10-16(17)14-31-33/h1-14,20-23H/t20-,21-,22-,23+/m1/s1. The van der Waals surface area contributed by atoms with Gasteiger partial charge in [-0.3, -0.25) is 19.4 Å². The van der Waals surface area contributed by atoms with E-state index in [9.17, 15) is 27.6 Å². The molecule has 6 nitrogen and oxygen atoms in total. The molecule has 9 heteroatoms. The van der Waals surface area contributed by atoms with Crippen molar-refractivity contribution in [3.05, 3.63) is 101 Å². The summed E-state index contributed by atoms with van der Waals surface area (Å²) in [7, 11) is 0. The molecule has 0 spiro atoms. The molecule has 0 N–H and O–H groups in total. The molecule has 4 atom stereocenters. The van der Waals surface area contributed by atoms with Crippen LogP contribution < -0.4 is 4.90 Å². The number of nitrogens with zero attached hydrogens (tertiary/aromatic N) is 3. The van der Waals surface area contributed by atoms with E-state index in [-0.39, 0.29) is 0 Å². The van der Waals surface area contributed by atoms with Crippen LogP contribution in [0.2, 0.25) is 0 Å². The van der Waals surface area contributed by atoms with E-state index in [0.717, 1.165) is 17.7 Å². The molecule has 2 fully saturated rings. The summed E-state index contributed by atoms with van der Waals surface area (Å²) in [6, 6.07) is 18.0. The molecule has 6 rings (SSSR count). The van der Waals surface area contributed by atoms with E-state index in [1.165, 1.54) is 17.1 Å². The van der Waals surface area contributed by atoms with Crippen molar-refractivity contribution >= 4 is 29.5 Å². The second-order valence-corrected chi connectivity index (χ2v) is 8.95. The van der Waals surface area contributed by atoms with Crippen molar-refractivity contribution in [1.29, 1.82) is 0 Å². The summed E-state index contributed by atoms with van der Waals surface area (Å²) in [4.78, 5) is 41.9. The van der Waals surface area contributed by atoms with E-state index >= 15 is 0 Å². The molecule has 3 aliphatic rings. The zero-order valence-corrected chi connectivity index (χ0v) is 18.6. The van der Waals surface area contributed by atoms with Crippen LogP contribution in [0.15, 0.2) is 84.0 Å². The molecule has 180 valence electrons. The van der Waals surface area contributed by atoms with Crippen LogP contribution >= 0.6 is 0 Å². The zero-order chi connectivity index (χ0) is 25.2. The fourth-order valence-corrected chi connectivity index (χ4v) is 5.59. The van der Waals surface area contributed by atoms with Crippen LogP contribution in [0.1, 0.15) is 33.1 Å². The number of Topliss-reactive ketones (excluding diaryl/α,β-unsaturated/α-hetero) is 1. The van der Waals surface area contributed by atoms with E-state index in [1.54, 1.807) is 60.8 Å². The third-order valence-corrected chi connectivity index (χ3v) is 7.07. The number of anilines is 1. The van der Waals surface area contributed by atoms with Crippen molar-refractivity contribution in [1.82, 2.24) is 5.01 Å². The van der Waals surface area contributed by atoms with Gasteiger partial charge in [-0.25, -0.2) is 4.90 Å². The molecule has 2 amide bonds. The molecule has 36 heavy (non-hydrogen) atoms. The Bertz CT molecular complexity index is 1440. The Morgan fingerprint density at radius 3 is 2.19 bits per heavy atom. The average Bonchev–Trinajstić information content (AvgIpc) is 3.36. The van der Waals surface area contributed by atoms with Gasteiger partial charge in [0.1, 0.15) is 6.04 Å². The number of para-hydroxylation sites is 1. The first-order valence-electron chi connectivity index (χ1n) is 11.3. The molecule has 0 unspecified atom stereocenters. The molecular weight excluding hydrogens is 471 g/mol. The van der Waals surface area contributed by atoms with Gasteiger partial charge in [-0.2, -0.15) is 18.3 Å². The van der Waals surface area contributed by atoms with Gasteiger partial charge in [0.05, 0.1) is 35.3 Å². The van der Waals surface area contributed by atoms with Gasteiger partial charge in [0.15, 0.2) is 5.78 Å². The molecule has 3 aromatic carbocycles. The molecule has 0 bridgehead atoms. The number of carbonyl (C=O) groups is 3. The van der Waals surface area contributed by atoms with Crippen LogP contribution in [0.3, 0.4) is 0 Å². The topological polar surface area (TPSA) is 70.0 Å². The van der Waals surface area contributed by atoms with E-state index in [0.29, 0.717) is 16.0 Å². The number of benzene rings is 3. The Hall–Kier alpha value is -4.27. The highest BCUT2D eigenvalue weighted by molar-refractivity contribution is 6.25. The molecule has 3 aliphatic heterocycles. The van der Waals surface area contributed by atoms with Crippen molar-refractivity contribution in [2.24, 2.45) is 16.9 Å². The van der Waals surface area contributed by atoms with Crippen molar-refractivity contribution < 1.29 is 27.6 Å². The SMILES string of the molecule is O=C(c1ccccc1)[C@@H]1[C@@H]2C(=O)N(c3ccccc3C(F)(F)F)C(=O)[C@H]2[C@H]2c3ccccc3C=NN12. The van der Waals surface area contributed by atoms with Crippen LogP contribution in [0.4, 0.5) is 18.9 Å². The Labute approximate surface area is 203 Å². The molecule has 3 heterocycles. The Morgan fingerprint density at radius 1 is 0.806 bits per heavy atom. The summed E-state index contributed by atoms with van der Waals surface area (Å²) >= 11 is 0. The highest BCUT2D eigenvalue weighted by atomic mass is 19.4. The lowest BCUT2D eigenvalue weighted by Crippen LogP contribution is -2.45. The lowest BCUT2D eigenvalue weighted by atomic mass is 9.83. The molecule has 0 aliphatic carbocycles. The maximum atomic E-state index is 13.8. The van der Waals surface area contributed by atoms with Gasteiger partial charge in [0, 0.05) is 5.56 Å². The maximum Gasteiger partial charge on any atom is 0.418 e. The summed E-state index contributed by atoms with van der Waals surface area (Å²) in [6.45, 7) is 0. The number of imide groups is 1. The van der Waals surface area contributed by atoms with Crippen LogP contribution in [0.5, 0.6) is 0 Å². The molecule has 3 aromatic rings. The van der Waals surface area contributed by atoms with Crippen molar-refractivity contribution in [2.45, 2.75) is 18.3 Å². The number of alkyl halides is 3. The number of rotatable bonds is 3. The number of ketones is 1. The van der Waals surface area contributed by atoms with Crippen LogP contribution in [-0.2, 0) is 15.8 Å². The van der Waals surface area contributed by atoms with Crippen LogP contribution in [0, 0.1) is 11.8 Å². The van der Waals surface area contributed by atoms with E-state index < -0.39 is 58.9 Å². The highest BCUT2D eigenvalue weighted by Gasteiger charge is 2.65. The van der Waals surface area contributed by atoms with Gasteiger partial charge in [0.25, 0.3) is 0 Å². The number of hydrazone groups is 1. The van der Waals surface area contributed by atoms with Gasteiger partial charge >= 0.3 is 6.18 Å². The first kappa shape index (κ1) is 22.2. The number of amides is 2. The lowest BCUT2D eigenvalue weighted by Gasteiger charge is -2.34. The fourth-order valence-electron chi connectivity index (χ4n) is 5.59. The minimum absolute atomic E-state index is 0.324. The predicted molar refractivity (Wildman–Crippen MR) is 124 cm³/mol. The number of hydrogen-bond donors (Lipinski definition) is 0. The summed E-state index contributed by atoms with van der Waals surface area (Å²) < 4.78 is 41.4. The Morgan fingerprint density at radius 2 is 1.44 bits per heavy atom. The van der Waals surface area contributed by atoms with Gasteiger partial charge in [0.2, 0.25) is 11.8 Å². The van der Waals surface area contributed by atoms with Gasteiger partial charge in [-0.05, 0) is 23.3 Å². The Kier molecular flexibility index (Phi) is 4.86. The highest BCUT2D eigenvalue weighted by Crippen LogP contribution is 2.54. The fraction of sp³-hybridized carbons (Fsp3) is 0.185. The van der Waals surface area contributed by atoms with Crippen LogP contribution in [0.25, 0.3) is 0 Å². The summed E-state index contributed by atoms with van der Waals surface area (Å²) in [5.41, 5.74) is 0.124. The van der Waals surface area contributed by atoms with Crippen LogP contribution in [-0.4, -0.2) is 34.9 Å². The zero-order valence-electron chi connectivity index (χ0n) is 18.6. The summed E-state index contributed by atoms with van der Waals surface area (Å²) in [6.07, 6.45) is -3.20. The first-order valence-corrected chi connectivity index (χ1v) is 11.3. The van der Waals surface area contributed by atoms with Gasteiger partial charge in [-0.1, -0.05) is 66.7 Å². The molecule has 0 radical (unpaired) electrons. The number of carbonyl (C=O) groups excluding carboxylic acids is 3. The molecule has 0 saturated carbocycles. The van der Waals surface area contributed by atoms with E-state index in [2.05, 4.69) is 5.10 Å². The maximum absolute atomic E-state index is 13.8. The van der Waals surface area contributed by atoms with Crippen molar-refractivity contribution in [2.75, 3.05) is 4.90 Å². The largest absolute Gasteiger partial charge is 0.418 e. The second-order valence-electron chi connectivity index (χ2n) is 8.95. The lowest BCUT2D eigenvalue weighted by molar-refractivity contribution is -0.137. The Balaban J connectivity index is 1.52. The minimum Gasteiger partial charge on any atom is -0.292 e. The second kappa shape index (κ2) is 7.87. The monoisotopic (exact) mass is 489 g/mol. The van der Waals surface area contributed by atoms with Crippen molar-refractivity contribution in [3.63, 3.8) is 0 Å². The van der Waals surface area contributed by atoms with E-state index in [4.69, 9.17) is 0 Å².